The van der Waals surface area contributed by atoms with E-state index in [1.807, 2.05) is 13.8 Å². The van der Waals surface area contributed by atoms with Gasteiger partial charge in [-0.15, -0.1) is 0 Å². The normalized spacial score (nSPS) is 8.40. The van der Waals surface area contributed by atoms with Gasteiger partial charge >= 0.3 is 5.63 Å². The molecule has 0 saturated carbocycles. The maximum Gasteiger partial charge on any atom is 0.363 e. The monoisotopic (exact) mass is 147 g/mol. The van der Waals surface area contributed by atoms with E-state index in [0.29, 0.717) is 0 Å². The van der Waals surface area contributed by atoms with Crippen LogP contribution in [0.3, 0.4) is 0 Å². The van der Waals surface area contributed by atoms with Crippen molar-refractivity contribution in [2.75, 3.05) is 0 Å². The average molecular weight is 147 g/mol. The van der Waals surface area contributed by atoms with Gasteiger partial charge in [0.25, 0.3) is 0 Å². The largest absolute Gasteiger partial charge is 0.363 e. The minimum atomic E-state index is -0.632. The van der Waals surface area contributed by atoms with Crippen LogP contribution in [-0.4, -0.2) is 4.96 Å². The second-order valence-electron chi connectivity index (χ2n) is 1.46. The Hall–Kier alpha value is -1.06. The van der Waals surface area contributed by atoms with Crippen LogP contribution in [0.1, 0.15) is 19.4 Å². The number of aromatic nitrogens is 1. The van der Waals surface area contributed by atoms with Gasteiger partial charge < -0.3 is 4.52 Å². The van der Waals surface area contributed by atoms with E-state index in [9.17, 15) is 9.28 Å². The highest BCUT2D eigenvalue weighted by Gasteiger charge is 1.97. The molecule has 1 aromatic rings. The summed E-state index contributed by atoms with van der Waals surface area (Å²) in [7, 11) is 0. The highest BCUT2D eigenvalue weighted by Crippen LogP contribution is 1.88. The van der Waals surface area contributed by atoms with Crippen molar-refractivity contribution in [1.82, 2.24) is 4.96 Å². The van der Waals surface area contributed by atoms with Gasteiger partial charge in [-0.2, -0.15) is 0 Å². The van der Waals surface area contributed by atoms with Crippen molar-refractivity contribution in [3.8, 4) is 0 Å². The molecule has 0 fully saturated rings. The zero-order valence-electron chi connectivity index (χ0n) is 6.22. The minimum absolute atomic E-state index is 0.113. The first-order valence-corrected chi connectivity index (χ1v) is 3.06. The van der Waals surface area contributed by atoms with Gasteiger partial charge in [-0.25, -0.2) is 4.79 Å². The van der Waals surface area contributed by atoms with Gasteiger partial charge in [0, 0.05) is 0 Å². The molecule has 0 aliphatic carbocycles. The Labute approximate surface area is 58.0 Å². The summed E-state index contributed by atoms with van der Waals surface area (Å²) in [6, 6.07) is 0. The number of halogens is 1. The molecule has 58 valence electrons. The lowest BCUT2D eigenvalue weighted by atomic mass is 10.4. The molecule has 1 rings (SSSR count). The van der Waals surface area contributed by atoms with Crippen molar-refractivity contribution < 1.29 is 9.00 Å². The third-order valence-corrected chi connectivity index (χ3v) is 0.787. The van der Waals surface area contributed by atoms with E-state index in [2.05, 4.69) is 4.52 Å². The smallest absolute Gasteiger partial charge is 0.306 e. The molecule has 0 aromatic carbocycles. The first-order valence-electron chi connectivity index (χ1n) is 3.06. The SMILES string of the molecule is CC.Cc1cn(F)oc1=O. The number of nitrogens with zero attached hydrogens (tertiary/aromatic N) is 1. The summed E-state index contributed by atoms with van der Waals surface area (Å²) >= 11 is 0. The van der Waals surface area contributed by atoms with Crippen molar-refractivity contribution in [2.45, 2.75) is 20.8 Å². The van der Waals surface area contributed by atoms with Crippen LogP contribution in [0.5, 0.6) is 0 Å². The second-order valence-corrected chi connectivity index (χ2v) is 1.46. The molecule has 0 saturated heterocycles. The molecule has 1 aromatic heterocycles. The van der Waals surface area contributed by atoms with Gasteiger partial charge in [0.1, 0.15) is 0 Å². The molecular formula is C6H10FNO2. The fraction of sp³-hybridized carbons (Fsp3) is 0.500. The van der Waals surface area contributed by atoms with E-state index in [-0.39, 0.29) is 10.5 Å². The van der Waals surface area contributed by atoms with Crippen LogP contribution in [0.25, 0.3) is 0 Å². The van der Waals surface area contributed by atoms with E-state index in [1.165, 1.54) is 6.92 Å². The Morgan fingerprint density at radius 1 is 1.60 bits per heavy atom. The number of hydrogen-bond acceptors (Lipinski definition) is 2. The molecule has 0 radical (unpaired) electrons. The minimum Gasteiger partial charge on any atom is -0.306 e. The molecule has 3 nitrogen and oxygen atoms in total. The van der Waals surface area contributed by atoms with E-state index >= 15 is 0 Å². The highest BCUT2D eigenvalue weighted by atomic mass is 19.2. The van der Waals surface area contributed by atoms with Crippen LogP contribution in [0, 0.1) is 6.92 Å². The number of hydrogen-bond donors (Lipinski definition) is 0. The Kier molecular flexibility index (Phi) is 3.46. The Balaban J connectivity index is 0.000000371. The molecule has 0 aliphatic heterocycles. The molecule has 0 aliphatic rings. The van der Waals surface area contributed by atoms with Gasteiger partial charge in [-0.05, 0) is 11.9 Å². The van der Waals surface area contributed by atoms with E-state index in [1.54, 1.807) is 0 Å². The lowest BCUT2D eigenvalue weighted by Crippen LogP contribution is -1.93. The fourth-order valence-corrected chi connectivity index (χ4v) is 0.383. The molecule has 1 heterocycles. The lowest BCUT2D eigenvalue weighted by molar-refractivity contribution is 0.105. The fourth-order valence-electron chi connectivity index (χ4n) is 0.383. The molecule has 0 unspecified atom stereocenters. The number of aryl methyl sites for hydroxylation is 1. The lowest BCUT2D eigenvalue weighted by Gasteiger charge is -1.70. The molecule has 0 N–H and O–H groups in total. The highest BCUT2D eigenvalue weighted by molar-refractivity contribution is 4.96. The van der Waals surface area contributed by atoms with Crippen LogP contribution in [0.2, 0.25) is 0 Å². The van der Waals surface area contributed by atoms with Crippen LogP contribution >= 0.6 is 0 Å². The third kappa shape index (κ3) is 2.05. The maximum atomic E-state index is 11.7. The van der Waals surface area contributed by atoms with E-state index < -0.39 is 5.63 Å². The summed E-state index contributed by atoms with van der Waals surface area (Å²) < 4.78 is 15.6. The van der Waals surface area contributed by atoms with Crippen LogP contribution < -0.4 is 5.63 Å². The zero-order chi connectivity index (χ0) is 8.15. The average Bonchev–Trinajstić information content (AvgIpc) is 2.16. The Morgan fingerprint density at radius 3 is 2.20 bits per heavy atom. The summed E-state index contributed by atoms with van der Waals surface area (Å²) in [5, 5.41) is 0. The quantitative estimate of drug-likeness (QED) is 0.557. The summed E-state index contributed by atoms with van der Waals surface area (Å²) in [4.78, 5) is 10.1. The summed E-state index contributed by atoms with van der Waals surface area (Å²) in [5.74, 6) is 0. The molecule has 4 heteroatoms. The van der Waals surface area contributed by atoms with Gasteiger partial charge in [0.2, 0.25) is 0 Å². The van der Waals surface area contributed by atoms with Crippen molar-refractivity contribution in [2.24, 2.45) is 0 Å². The maximum absolute atomic E-state index is 11.7. The summed E-state index contributed by atoms with van der Waals surface area (Å²) in [5.41, 5.74) is -0.361. The van der Waals surface area contributed by atoms with Crippen LogP contribution in [0.15, 0.2) is 15.5 Å². The molecular weight excluding hydrogens is 137 g/mol. The topological polar surface area (TPSA) is 35.1 Å². The van der Waals surface area contributed by atoms with Crippen molar-refractivity contribution >= 4 is 0 Å². The zero-order valence-corrected chi connectivity index (χ0v) is 6.22. The summed E-state index contributed by atoms with van der Waals surface area (Å²) in [6.45, 7) is 5.47. The molecule has 0 spiro atoms. The van der Waals surface area contributed by atoms with Crippen molar-refractivity contribution in [3.05, 3.63) is 22.2 Å². The molecule has 0 bridgehead atoms. The standard InChI is InChI=1S/C4H4FNO2.C2H6/c1-3-2-6(5)8-4(3)7;1-2/h2H,1H3;1-2H3. The third-order valence-electron chi connectivity index (χ3n) is 0.787. The van der Waals surface area contributed by atoms with Gasteiger partial charge in [0.05, 0.1) is 11.8 Å². The Morgan fingerprint density at radius 2 is 2.10 bits per heavy atom. The molecule has 0 atom stereocenters. The summed E-state index contributed by atoms with van der Waals surface area (Å²) in [6.07, 6.45) is 0.975. The van der Waals surface area contributed by atoms with Gasteiger partial charge in [0.15, 0.2) is 0 Å². The first kappa shape index (κ1) is 8.94. The molecule has 0 amide bonds. The van der Waals surface area contributed by atoms with E-state index in [0.717, 1.165) is 6.20 Å². The van der Waals surface area contributed by atoms with Crippen LogP contribution in [0.4, 0.5) is 4.48 Å². The van der Waals surface area contributed by atoms with Crippen molar-refractivity contribution in [3.63, 3.8) is 0 Å². The van der Waals surface area contributed by atoms with Crippen molar-refractivity contribution in [1.29, 1.82) is 0 Å². The van der Waals surface area contributed by atoms with Gasteiger partial charge in [-0.1, -0.05) is 18.3 Å². The second kappa shape index (κ2) is 3.87. The Bertz CT molecular complexity index is 238. The molecule has 10 heavy (non-hydrogen) atoms. The van der Waals surface area contributed by atoms with Gasteiger partial charge in [-0.3, -0.25) is 0 Å². The first-order chi connectivity index (χ1) is 4.70. The predicted octanol–water partition coefficient (Wildman–Crippen LogP) is 1.51. The van der Waals surface area contributed by atoms with E-state index in [4.69, 9.17) is 0 Å². The van der Waals surface area contributed by atoms with Crippen LogP contribution in [-0.2, 0) is 0 Å². The number of rotatable bonds is 0. The predicted molar refractivity (Wildman–Crippen MR) is 35.6 cm³/mol.